The molecule has 0 bridgehead atoms. The van der Waals surface area contributed by atoms with E-state index in [0.717, 1.165) is 32.4 Å². The van der Waals surface area contributed by atoms with Crippen molar-refractivity contribution in [2.75, 3.05) is 30.9 Å². The topological polar surface area (TPSA) is 44.1 Å². The Kier molecular flexibility index (Phi) is 5.47. The van der Waals surface area contributed by atoms with Crippen LogP contribution in [0.2, 0.25) is 0 Å². The summed E-state index contributed by atoms with van der Waals surface area (Å²) < 4.78 is -0.252. The van der Waals surface area contributed by atoms with Crippen molar-refractivity contribution in [2.24, 2.45) is 5.92 Å². The zero-order valence-corrected chi connectivity index (χ0v) is 13.2. The standard InChI is InChI=1S/C14H22N2OS2/c1-18-14(11-15)4-6-16(7-5-14)13(17)10-12-2-8-19-9-3-12/h12H,2-10H2,1H3. The van der Waals surface area contributed by atoms with Gasteiger partial charge in [-0.05, 0) is 49.4 Å². The summed E-state index contributed by atoms with van der Waals surface area (Å²) in [7, 11) is 0. The van der Waals surface area contributed by atoms with Gasteiger partial charge in [0.2, 0.25) is 5.91 Å². The number of carbonyl (C=O) groups is 1. The van der Waals surface area contributed by atoms with Gasteiger partial charge in [-0.25, -0.2) is 0 Å². The van der Waals surface area contributed by atoms with E-state index in [-0.39, 0.29) is 4.75 Å². The molecular weight excluding hydrogens is 276 g/mol. The molecule has 5 heteroatoms. The van der Waals surface area contributed by atoms with Crippen LogP contribution in [0.1, 0.15) is 32.1 Å². The van der Waals surface area contributed by atoms with Crippen LogP contribution in [0.5, 0.6) is 0 Å². The first kappa shape index (κ1) is 15.1. The number of hydrogen-bond acceptors (Lipinski definition) is 4. The summed E-state index contributed by atoms with van der Waals surface area (Å²) in [6.07, 6.45) is 6.74. The monoisotopic (exact) mass is 298 g/mol. The van der Waals surface area contributed by atoms with Gasteiger partial charge in [0.25, 0.3) is 0 Å². The van der Waals surface area contributed by atoms with E-state index in [1.807, 2.05) is 22.9 Å². The summed E-state index contributed by atoms with van der Waals surface area (Å²) in [5.74, 6) is 3.32. The van der Waals surface area contributed by atoms with Gasteiger partial charge >= 0.3 is 0 Å². The Bertz CT molecular complexity index is 353. The molecule has 0 aliphatic carbocycles. The Hall–Kier alpha value is -0.340. The normalized spacial score (nSPS) is 23.9. The third-order valence-electron chi connectivity index (χ3n) is 4.32. The second kappa shape index (κ2) is 6.90. The van der Waals surface area contributed by atoms with Crippen LogP contribution in [0.4, 0.5) is 0 Å². The average Bonchev–Trinajstić information content (AvgIpc) is 2.48. The molecule has 0 aromatic heterocycles. The fourth-order valence-electron chi connectivity index (χ4n) is 2.81. The van der Waals surface area contributed by atoms with E-state index < -0.39 is 0 Å². The third-order valence-corrected chi connectivity index (χ3v) is 6.65. The molecule has 0 unspecified atom stereocenters. The molecule has 0 spiro atoms. The first-order valence-electron chi connectivity index (χ1n) is 7.01. The second-order valence-electron chi connectivity index (χ2n) is 5.45. The van der Waals surface area contributed by atoms with Crippen molar-refractivity contribution in [1.82, 2.24) is 4.90 Å². The van der Waals surface area contributed by atoms with E-state index in [1.54, 1.807) is 11.8 Å². The fourth-order valence-corrected chi connectivity index (χ4v) is 4.69. The van der Waals surface area contributed by atoms with Crippen molar-refractivity contribution in [3.63, 3.8) is 0 Å². The SMILES string of the molecule is CSC1(C#N)CCN(C(=O)CC2CCSCC2)CC1. The molecule has 3 nitrogen and oxygen atoms in total. The van der Waals surface area contributed by atoms with Gasteiger partial charge in [-0.1, -0.05) is 0 Å². The Morgan fingerprint density at radius 1 is 1.42 bits per heavy atom. The fraction of sp³-hybridized carbons (Fsp3) is 0.857. The summed E-state index contributed by atoms with van der Waals surface area (Å²) in [6, 6.07) is 2.43. The van der Waals surface area contributed by atoms with Gasteiger partial charge in [-0.3, -0.25) is 4.79 Å². The molecule has 0 atom stereocenters. The number of thioether (sulfide) groups is 2. The number of rotatable bonds is 3. The Morgan fingerprint density at radius 3 is 2.58 bits per heavy atom. The summed E-state index contributed by atoms with van der Waals surface area (Å²) in [5.41, 5.74) is 0. The van der Waals surface area contributed by atoms with E-state index in [4.69, 9.17) is 0 Å². The number of hydrogen-bond donors (Lipinski definition) is 0. The quantitative estimate of drug-likeness (QED) is 0.803. The molecule has 0 radical (unpaired) electrons. The highest BCUT2D eigenvalue weighted by Gasteiger charge is 2.35. The molecule has 0 aromatic rings. The third kappa shape index (κ3) is 3.82. The summed E-state index contributed by atoms with van der Waals surface area (Å²) in [6.45, 7) is 1.52. The molecule has 2 aliphatic rings. The lowest BCUT2D eigenvalue weighted by molar-refractivity contribution is -0.133. The summed E-state index contributed by atoms with van der Waals surface area (Å²) >= 11 is 3.64. The van der Waals surface area contributed by atoms with Crippen LogP contribution in [-0.2, 0) is 4.79 Å². The lowest BCUT2D eigenvalue weighted by atomic mass is 9.94. The van der Waals surface area contributed by atoms with Crippen LogP contribution in [0.3, 0.4) is 0 Å². The molecule has 2 aliphatic heterocycles. The zero-order chi connectivity index (χ0) is 13.7. The van der Waals surface area contributed by atoms with Gasteiger partial charge in [0.15, 0.2) is 0 Å². The Labute approximate surface area is 124 Å². The largest absolute Gasteiger partial charge is 0.343 e. The van der Waals surface area contributed by atoms with Gasteiger partial charge in [-0.2, -0.15) is 17.0 Å². The van der Waals surface area contributed by atoms with Gasteiger partial charge in [0.1, 0.15) is 4.75 Å². The van der Waals surface area contributed by atoms with Crippen molar-refractivity contribution < 1.29 is 4.79 Å². The number of likely N-dealkylation sites (tertiary alicyclic amines) is 1. The lowest BCUT2D eigenvalue weighted by Gasteiger charge is -2.37. The Morgan fingerprint density at radius 2 is 2.05 bits per heavy atom. The minimum atomic E-state index is -0.252. The molecular formula is C14H22N2OS2. The maximum absolute atomic E-state index is 12.3. The second-order valence-corrected chi connectivity index (χ2v) is 7.87. The number of nitrogens with zero attached hydrogens (tertiary/aromatic N) is 2. The van der Waals surface area contributed by atoms with Crippen molar-refractivity contribution >= 4 is 29.4 Å². The van der Waals surface area contributed by atoms with E-state index >= 15 is 0 Å². The molecule has 2 rings (SSSR count). The smallest absolute Gasteiger partial charge is 0.222 e. The van der Waals surface area contributed by atoms with Crippen LogP contribution in [-0.4, -0.2) is 46.4 Å². The number of carbonyl (C=O) groups excluding carboxylic acids is 1. The van der Waals surface area contributed by atoms with Crippen LogP contribution >= 0.6 is 23.5 Å². The van der Waals surface area contributed by atoms with Crippen molar-refractivity contribution in [3.8, 4) is 6.07 Å². The van der Waals surface area contributed by atoms with E-state index in [0.29, 0.717) is 11.8 Å². The zero-order valence-electron chi connectivity index (χ0n) is 11.6. The molecule has 0 N–H and O–H groups in total. The lowest BCUT2D eigenvalue weighted by Crippen LogP contribution is -2.44. The van der Waals surface area contributed by atoms with E-state index in [9.17, 15) is 10.1 Å². The van der Waals surface area contributed by atoms with Gasteiger partial charge in [0.05, 0.1) is 6.07 Å². The maximum Gasteiger partial charge on any atom is 0.222 e. The van der Waals surface area contributed by atoms with Crippen LogP contribution in [0, 0.1) is 17.2 Å². The highest BCUT2D eigenvalue weighted by Crippen LogP contribution is 2.34. The number of piperidine rings is 1. The highest BCUT2D eigenvalue weighted by molar-refractivity contribution is 8.00. The summed E-state index contributed by atoms with van der Waals surface area (Å²) in [4.78, 5) is 14.3. The van der Waals surface area contributed by atoms with Crippen molar-refractivity contribution in [1.29, 1.82) is 5.26 Å². The molecule has 1 amide bonds. The number of amides is 1. The van der Waals surface area contributed by atoms with E-state index in [2.05, 4.69) is 6.07 Å². The molecule has 0 aromatic carbocycles. The van der Waals surface area contributed by atoms with E-state index in [1.165, 1.54) is 24.3 Å². The number of nitriles is 1. The highest BCUT2D eigenvalue weighted by atomic mass is 32.2. The van der Waals surface area contributed by atoms with Crippen LogP contribution in [0.25, 0.3) is 0 Å². The molecule has 19 heavy (non-hydrogen) atoms. The van der Waals surface area contributed by atoms with Crippen LogP contribution < -0.4 is 0 Å². The first-order valence-corrected chi connectivity index (χ1v) is 9.39. The predicted molar refractivity (Wildman–Crippen MR) is 82.3 cm³/mol. The molecule has 0 saturated carbocycles. The van der Waals surface area contributed by atoms with Crippen molar-refractivity contribution in [3.05, 3.63) is 0 Å². The average molecular weight is 298 g/mol. The Balaban J connectivity index is 1.80. The van der Waals surface area contributed by atoms with Gasteiger partial charge in [0, 0.05) is 19.5 Å². The predicted octanol–water partition coefficient (Wildman–Crippen LogP) is 2.77. The van der Waals surface area contributed by atoms with Crippen LogP contribution in [0.15, 0.2) is 0 Å². The molecule has 2 fully saturated rings. The minimum absolute atomic E-state index is 0.252. The van der Waals surface area contributed by atoms with Gasteiger partial charge in [-0.15, -0.1) is 11.8 Å². The molecule has 106 valence electrons. The maximum atomic E-state index is 12.3. The van der Waals surface area contributed by atoms with Gasteiger partial charge < -0.3 is 4.90 Å². The summed E-state index contributed by atoms with van der Waals surface area (Å²) in [5, 5.41) is 9.25. The molecule has 2 saturated heterocycles. The molecule has 2 heterocycles. The van der Waals surface area contributed by atoms with Crippen molar-refractivity contribution in [2.45, 2.75) is 36.9 Å². The minimum Gasteiger partial charge on any atom is -0.343 e. The first-order chi connectivity index (χ1) is 9.19.